The minimum atomic E-state index is -0.685. The van der Waals surface area contributed by atoms with Gasteiger partial charge in [-0.25, -0.2) is 9.18 Å². The maximum Gasteiger partial charge on any atom is 0.319 e. The summed E-state index contributed by atoms with van der Waals surface area (Å²) in [5.74, 6) is -0.962. The number of amides is 3. The van der Waals surface area contributed by atoms with Crippen molar-refractivity contribution >= 4 is 29.2 Å². The topological polar surface area (TPSA) is 70.2 Å². The number of anilines is 1. The van der Waals surface area contributed by atoms with Gasteiger partial charge in [-0.1, -0.05) is 11.6 Å². The van der Waals surface area contributed by atoms with Gasteiger partial charge in [0.1, 0.15) is 5.82 Å². The molecule has 0 aromatic heterocycles. The second-order valence-corrected chi connectivity index (χ2v) is 3.54. The number of hydrogen-bond acceptors (Lipinski definition) is 2. The third-order valence-corrected chi connectivity index (χ3v) is 2.10. The van der Waals surface area contributed by atoms with Gasteiger partial charge in [-0.15, -0.1) is 0 Å². The average Bonchev–Trinajstić information content (AvgIpc) is 2.30. The molecule has 0 bridgehead atoms. The highest BCUT2D eigenvalue weighted by Gasteiger charge is 2.08. The Kier molecular flexibility index (Phi) is 4.71. The zero-order valence-electron chi connectivity index (χ0n) is 9.01. The van der Waals surface area contributed by atoms with Crippen molar-refractivity contribution in [3.05, 3.63) is 29.0 Å². The fourth-order valence-electron chi connectivity index (χ4n) is 1.01. The van der Waals surface area contributed by atoms with Crippen LogP contribution in [0.3, 0.4) is 0 Å². The van der Waals surface area contributed by atoms with E-state index in [2.05, 4.69) is 16.0 Å². The summed E-state index contributed by atoms with van der Waals surface area (Å²) < 4.78 is 13.2. The fraction of sp³-hybridized carbons (Fsp3) is 0.200. The van der Waals surface area contributed by atoms with E-state index in [1.54, 1.807) is 0 Å². The third-order valence-electron chi connectivity index (χ3n) is 1.86. The largest absolute Gasteiger partial charge is 0.358 e. The molecule has 92 valence electrons. The van der Waals surface area contributed by atoms with Crippen LogP contribution < -0.4 is 16.0 Å². The zero-order chi connectivity index (χ0) is 12.8. The molecule has 0 unspecified atom stereocenters. The Labute approximate surface area is 102 Å². The Morgan fingerprint density at radius 2 is 2.12 bits per heavy atom. The van der Waals surface area contributed by atoms with Crippen LogP contribution in [0.15, 0.2) is 18.2 Å². The van der Waals surface area contributed by atoms with Crippen LogP contribution in [0, 0.1) is 5.82 Å². The molecule has 0 atom stereocenters. The van der Waals surface area contributed by atoms with E-state index in [-0.39, 0.29) is 18.1 Å². The summed E-state index contributed by atoms with van der Waals surface area (Å²) in [5, 5.41) is 7.12. The van der Waals surface area contributed by atoms with Crippen LogP contribution in [0.5, 0.6) is 0 Å². The molecule has 1 aromatic carbocycles. The normalized spacial score (nSPS) is 9.59. The molecule has 0 aliphatic heterocycles. The summed E-state index contributed by atoms with van der Waals surface area (Å²) >= 11 is 5.65. The molecule has 7 heteroatoms. The number of likely N-dealkylation sites (N-methyl/N-ethyl adjacent to an activating group) is 1. The minimum absolute atomic E-state index is 0.0492. The SMILES string of the molecule is CNC(=O)CNC(=O)Nc1cc(Cl)ccc1F. The molecular formula is C10H11ClFN3O2. The molecule has 0 fully saturated rings. The summed E-state index contributed by atoms with van der Waals surface area (Å²) in [5.41, 5.74) is -0.0492. The van der Waals surface area contributed by atoms with Gasteiger partial charge in [-0.3, -0.25) is 4.79 Å². The first kappa shape index (κ1) is 13.2. The lowest BCUT2D eigenvalue weighted by Gasteiger charge is -2.08. The number of nitrogens with one attached hydrogen (secondary N) is 3. The average molecular weight is 260 g/mol. The lowest BCUT2D eigenvalue weighted by atomic mass is 10.3. The first-order valence-electron chi connectivity index (χ1n) is 4.73. The Morgan fingerprint density at radius 1 is 1.41 bits per heavy atom. The molecule has 0 spiro atoms. The van der Waals surface area contributed by atoms with Crippen molar-refractivity contribution in [1.82, 2.24) is 10.6 Å². The van der Waals surface area contributed by atoms with E-state index in [9.17, 15) is 14.0 Å². The second kappa shape index (κ2) is 6.05. The highest BCUT2D eigenvalue weighted by molar-refractivity contribution is 6.30. The first-order chi connectivity index (χ1) is 8.02. The van der Waals surface area contributed by atoms with Crippen molar-refractivity contribution < 1.29 is 14.0 Å². The number of carbonyl (C=O) groups is 2. The van der Waals surface area contributed by atoms with E-state index in [0.717, 1.165) is 6.07 Å². The smallest absolute Gasteiger partial charge is 0.319 e. The van der Waals surface area contributed by atoms with Gasteiger partial charge < -0.3 is 16.0 Å². The molecule has 3 N–H and O–H groups in total. The number of rotatable bonds is 3. The second-order valence-electron chi connectivity index (χ2n) is 3.11. The monoisotopic (exact) mass is 259 g/mol. The van der Waals surface area contributed by atoms with Crippen molar-refractivity contribution in [2.75, 3.05) is 18.9 Å². The van der Waals surface area contributed by atoms with Crippen LogP contribution in [-0.4, -0.2) is 25.5 Å². The number of hydrogen-bond donors (Lipinski definition) is 3. The molecule has 0 aliphatic carbocycles. The molecule has 1 rings (SSSR count). The Bertz CT molecular complexity index is 440. The van der Waals surface area contributed by atoms with Crippen molar-refractivity contribution in [1.29, 1.82) is 0 Å². The Hall–Kier alpha value is -1.82. The van der Waals surface area contributed by atoms with Gasteiger partial charge >= 0.3 is 6.03 Å². The predicted molar refractivity (Wildman–Crippen MR) is 62.5 cm³/mol. The molecule has 0 radical (unpaired) electrons. The van der Waals surface area contributed by atoms with E-state index >= 15 is 0 Å². The van der Waals surface area contributed by atoms with E-state index < -0.39 is 11.8 Å². The zero-order valence-corrected chi connectivity index (χ0v) is 9.77. The highest BCUT2D eigenvalue weighted by Crippen LogP contribution is 2.19. The molecule has 0 aliphatic rings. The number of carbonyl (C=O) groups excluding carboxylic acids is 2. The molecule has 0 saturated carbocycles. The number of halogens is 2. The number of urea groups is 1. The van der Waals surface area contributed by atoms with Gasteiger partial charge in [0, 0.05) is 12.1 Å². The van der Waals surface area contributed by atoms with Crippen molar-refractivity contribution in [3.63, 3.8) is 0 Å². The summed E-state index contributed by atoms with van der Waals surface area (Å²) in [6.07, 6.45) is 0. The van der Waals surface area contributed by atoms with Gasteiger partial charge in [0.2, 0.25) is 5.91 Å². The summed E-state index contributed by atoms with van der Waals surface area (Å²) in [4.78, 5) is 22.1. The lowest BCUT2D eigenvalue weighted by Crippen LogP contribution is -2.37. The van der Waals surface area contributed by atoms with Crippen LogP contribution in [0.25, 0.3) is 0 Å². The van der Waals surface area contributed by atoms with Crippen LogP contribution in [0.1, 0.15) is 0 Å². The van der Waals surface area contributed by atoms with E-state index in [4.69, 9.17) is 11.6 Å². The highest BCUT2D eigenvalue weighted by atomic mass is 35.5. The van der Waals surface area contributed by atoms with E-state index in [0.29, 0.717) is 5.02 Å². The lowest BCUT2D eigenvalue weighted by molar-refractivity contribution is -0.119. The maximum absolute atomic E-state index is 13.2. The van der Waals surface area contributed by atoms with Crippen molar-refractivity contribution in [2.24, 2.45) is 0 Å². The summed E-state index contributed by atoms with van der Waals surface area (Å²) in [7, 11) is 1.44. The van der Waals surface area contributed by atoms with Gasteiger partial charge in [0.25, 0.3) is 0 Å². The van der Waals surface area contributed by atoms with Crippen LogP contribution in [0.2, 0.25) is 5.02 Å². The van der Waals surface area contributed by atoms with E-state index in [1.807, 2.05) is 0 Å². The Balaban J connectivity index is 2.56. The summed E-state index contributed by atoms with van der Waals surface area (Å²) in [6, 6.07) is 3.09. The minimum Gasteiger partial charge on any atom is -0.358 e. The molecule has 17 heavy (non-hydrogen) atoms. The quantitative estimate of drug-likeness (QED) is 0.767. The molecule has 5 nitrogen and oxygen atoms in total. The van der Waals surface area contributed by atoms with Crippen molar-refractivity contribution in [2.45, 2.75) is 0 Å². The predicted octanol–water partition coefficient (Wildman–Crippen LogP) is 1.35. The standard InChI is InChI=1S/C10H11ClFN3O2/c1-13-9(16)5-14-10(17)15-8-4-6(11)2-3-7(8)12/h2-4H,5H2,1H3,(H,13,16)(H2,14,15,17). The molecular weight excluding hydrogens is 249 g/mol. The van der Waals surface area contributed by atoms with Gasteiger partial charge in [-0.2, -0.15) is 0 Å². The fourth-order valence-corrected chi connectivity index (χ4v) is 1.18. The maximum atomic E-state index is 13.2. The third kappa shape index (κ3) is 4.28. The molecule has 0 heterocycles. The van der Waals surface area contributed by atoms with Crippen LogP contribution in [0.4, 0.5) is 14.9 Å². The van der Waals surface area contributed by atoms with Gasteiger partial charge in [-0.05, 0) is 18.2 Å². The van der Waals surface area contributed by atoms with Crippen molar-refractivity contribution in [3.8, 4) is 0 Å². The van der Waals surface area contributed by atoms with E-state index in [1.165, 1.54) is 19.2 Å². The number of benzene rings is 1. The molecule has 1 aromatic rings. The van der Waals surface area contributed by atoms with Gasteiger partial charge in [0.05, 0.1) is 12.2 Å². The first-order valence-corrected chi connectivity index (χ1v) is 5.11. The Morgan fingerprint density at radius 3 is 2.76 bits per heavy atom. The van der Waals surface area contributed by atoms with Crippen LogP contribution >= 0.6 is 11.6 Å². The van der Waals surface area contributed by atoms with Gasteiger partial charge in [0.15, 0.2) is 0 Å². The van der Waals surface area contributed by atoms with Crippen LogP contribution in [-0.2, 0) is 4.79 Å². The molecule has 0 saturated heterocycles. The summed E-state index contributed by atoms with van der Waals surface area (Å²) in [6.45, 7) is -0.190. The molecule has 3 amide bonds.